The summed E-state index contributed by atoms with van der Waals surface area (Å²) in [5.41, 5.74) is 3.14. The Kier molecular flexibility index (Phi) is 7.02. The van der Waals surface area contributed by atoms with Gasteiger partial charge in [-0.2, -0.15) is 0 Å². The lowest BCUT2D eigenvalue weighted by Crippen LogP contribution is -2.31. The van der Waals surface area contributed by atoms with E-state index in [1.165, 1.54) is 25.3 Å². The molecule has 3 rings (SSSR count). The first kappa shape index (κ1) is 20.6. The molecule has 0 aliphatic carbocycles. The number of benzene rings is 3. The Hall–Kier alpha value is -3.13. The smallest absolute Gasteiger partial charge is 0.488 e. The lowest BCUT2D eigenvalue weighted by Gasteiger charge is -2.12. The molecule has 0 bridgehead atoms. The first-order valence-electron chi connectivity index (χ1n) is 9.13. The number of anilines is 1. The second kappa shape index (κ2) is 9.88. The van der Waals surface area contributed by atoms with E-state index >= 15 is 0 Å². The minimum atomic E-state index is -1.66. The number of nitrogens with one attached hydrogen (secondary N) is 1. The van der Waals surface area contributed by atoms with Gasteiger partial charge in [0.1, 0.15) is 5.75 Å². The topological polar surface area (TPSA) is 88.0 Å². The van der Waals surface area contributed by atoms with Crippen LogP contribution in [-0.4, -0.2) is 30.2 Å². The molecular weight excluding hydrogens is 369 g/mol. The van der Waals surface area contributed by atoms with E-state index in [-0.39, 0.29) is 11.0 Å². The fourth-order valence-corrected chi connectivity index (χ4v) is 2.81. The summed E-state index contributed by atoms with van der Waals surface area (Å²) in [7, 11) is -0.214. The fourth-order valence-electron chi connectivity index (χ4n) is 2.81. The largest absolute Gasteiger partial charge is 0.496 e. The first-order chi connectivity index (χ1) is 14.1. The number of hydrogen-bond acceptors (Lipinski definition) is 5. The molecule has 1 amide bonds. The molecule has 0 saturated heterocycles. The normalized spacial score (nSPS) is 10.4. The van der Waals surface area contributed by atoms with Crippen molar-refractivity contribution in [1.29, 1.82) is 0 Å². The Bertz CT molecular complexity index is 945. The van der Waals surface area contributed by atoms with Gasteiger partial charge in [0.15, 0.2) is 0 Å². The van der Waals surface area contributed by atoms with Crippen LogP contribution in [0.15, 0.2) is 72.8 Å². The van der Waals surface area contributed by atoms with Crippen LogP contribution < -0.4 is 15.5 Å². The van der Waals surface area contributed by atoms with Crippen LogP contribution in [0.2, 0.25) is 0 Å². The average Bonchev–Trinajstić information content (AvgIpc) is 2.75. The minimum Gasteiger partial charge on any atom is -0.496 e. The molecule has 0 saturated carbocycles. The molecule has 0 aromatic heterocycles. The summed E-state index contributed by atoms with van der Waals surface area (Å²) in [6, 6.07) is 21.7. The van der Waals surface area contributed by atoms with Crippen LogP contribution in [0.3, 0.4) is 0 Å². The van der Waals surface area contributed by atoms with Crippen molar-refractivity contribution in [2.75, 3.05) is 12.4 Å². The highest BCUT2D eigenvalue weighted by atomic mass is 16.5. The van der Waals surface area contributed by atoms with E-state index in [2.05, 4.69) is 5.32 Å². The van der Waals surface area contributed by atoms with Crippen molar-refractivity contribution in [1.82, 2.24) is 0 Å². The molecule has 3 N–H and O–H groups in total. The molecule has 3 aromatic carbocycles. The predicted octanol–water partition coefficient (Wildman–Crippen LogP) is 2.34. The van der Waals surface area contributed by atoms with Crippen molar-refractivity contribution in [2.45, 2.75) is 13.2 Å². The van der Waals surface area contributed by atoms with Gasteiger partial charge in [-0.05, 0) is 40.9 Å². The number of rotatable bonds is 8. The molecule has 6 nitrogen and oxygen atoms in total. The molecule has 0 aliphatic rings. The minimum absolute atomic E-state index is 0.210. The van der Waals surface area contributed by atoms with Gasteiger partial charge < -0.3 is 24.8 Å². The van der Waals surface area contributed by atoms with Crippen molar-refractivity contribution in [3.05, 3.63) is 89.5 Å². The second-order valence-electron chi connectivity index (χ2n) is 6.46. The summed E-state index contributed by atoms with van der Waals surface area (Å²) >= 11 is 0. The maximum Gasteiger partial charge on any atom is 0.488 e. The summed E-state index contributed by atoms with van der Waals surface area (Å²) in [6.45, 7) is 1.000. The van der Waals surface area contributed by atoms with Crippen LogP contribution in [0.4, 0.5) is 5.69 Å². The molecule has 0 atom stereocenters. The Morgan fingerprint density at radius 1 is 0.931 bits per heavy atom. The SMILES string of the molecule is COc1ccc(B(O)O)cc1C(=O)Nc1ccc(COCc2ccccc2)cc1. The van der Waals surface area contributed by atoms with Gasteiger partial charge in [0.2, 0.25) is 0 Å². The van der Waals surface area contributed by atoms with Crippen LogP contribution in [-0.2, 0) is 18.0 Å². The number of ether oxygens (including phenoxy) is 2. The van der Waals surface area contributed by atoms with Gasteiger partial charge in [0.25, 0.3) is 5.91 Å². The number of carbonyl (C=O) groups excluding carboxylic acids is 1. The van der Waals surface area contributed by atoms with E-state index in [1.54, 1.807) is 12.1 Å². The van der Waals surface area contributed by atoms with Crippen LogP contribution in [0.1, 0.15) is 21.5 Å². The summed E-state index contributed by atoms with van der Waals surface area (Å²) < 4.78 is 10.9. The highest BCUT2D eigenvalue weighted by Gasteiger charge is 2.18. The molecule has 3 aromatic rings. The lowest BCUT2D eigenvalue weighted by atomic mass is 9.79. The fraction of sp³-hybridized carbons (Fsp3) is 0.136. The summed E-state index contributed by atoms with van der Waals surface area (Å²) in [4.78, 5) is 12.6. The zero-order valence-electron chi connectivity index (χ0n) is 16.0. The van der Waals surface area contributed by atoms with Crippen molar-refractivity contribution in [3.8, 4) is 5.75 Å². The van der Waals surface area contributed by atoms with E-state index < -0.39 is 13.0 Å². The van der Waals surface area contributed by atoms with Gasteiger partial charge in [0.05, 0.1) is 25.9 Å². The van der Waals surface area contributed by atoms with Crippen LogP contribution in [0, 0.1) is 0 Å². The van der Waals surface area contributed by atoms with Gasteiger partial charge in [-0.15, -0.1) is 0 Å². The van der Waals surface area contributed by atoms with E-state index in [4.69, 9.17) is 9.47 Å². The predicted molar refractivity (Wildman–Crippen MR) is 112 cm³/mol. The van der Waals surface area contributed by atoms with Crippen LogP contribution in [0.5, 0.6) is 5.75 Å². The monoisotopic (exact) mass is 391 g/mol. The summed E-state index contributed by atoms with van der Waals surface area (Å²) in [6.07, 6.45) is 0. The van der Waals surface area contributed by atoms with E-state index in [9.17, 15) is 14.8 Å². The van der Waals surface area contributed by atoms with Crippen LogP contribution in [0.25, 0.3) is 0 Å². The average molecular weight is 391 g/mol. The molecule has 7 heteroatoms. The molecule has 0 fully saturated rings. The molecule has 0 spiro atoms. The van der Waals surface area contributed by atoms with Gasteiger partial charge in [-0.3, -0.25) is 4.79 Å². The highest BCUT2D eigenvalue weighted by molar-refractivity contribution is 6.58. The standard InChI is InChI=1S/C22H22BNO5/c1-28-21-12-9-18(23(26)27)13-20(21)22(25)24-19-10-7-17(8-11-19)15-29-14-16-5-3-2-4-6-16/h2-13,26-27H,14-15H2,1H3,(H,24,25). The molecule has 0 aliphatic heterocycles. The molecule has 29 heavy (non-hydrogen) atoms. The molecule has 0 unspecified atom stereocenters. The highest BCUT2D eigenvalue weighted by Crippen LogP contribution is 2.19. The van der Waals surface area contributed by atoms with Crippen molar-refractivity contribution in [2.24, 2.45) is 0 Å². The van der Waals surface area contributed by atoms with Crippen molar-refractivity contribution >= 4 is 24.2 Å². The summed E-state index contributed by atoms with van der Waals surface area (Å²) in [5, 5.41) is 21.4. The van der Waals surface area contributed by atoms with Gasteiger partial charge >= 0.3 is 7.12 Å². The maximum absolute atomic E-state index is 12.6. The number of methoxy groups -OCH3 is 1. The van der Waals surface area contributed by atoms with Crippen molar-refractivity contribution < 1.29 is 24.3 Å². The summed E-state index contributed by atoms with van der Waals surface area (Å²) in [5.74, 6) is -0.0599. The van der Waals surface area contributed by atoms with Gasteiger partial charge in [-0.1, -0.05) is 48.5 Å². The van der Waals surface area contributed by atoms with E-state index in [1.807, 2.05) is 42.5 Å². The van der Waals surface area contributed by atoms with E-state index in [0.717, 1.165) is 11.1 Å². The molecule has 148 valence electrons. The quantitative estimate of drug-likeness (QED) is 0.513. The van der Waals surface area contributed by atoms with Crippen LogP contribution >= 0.6 is 0 Å². The Morgan fingerprint density at radius 3 is 2.21 bits per heavy atom. The third-order valence-corrected chi connectivity index (χ3v) is 4.36. The third-order valence-electron chi connectivity index (χ3n) is 4.36. The first-order valence-corrected chi connectivity index (χ1v) is 9.13. The van der Waals surface area contributed by atoms with Crippen molar-refractivity contribution in [3.63, 3.8) is 0 Å². The number of amides is 1. The number of hydrogen-bond donors (Lipinski definition) is 3. The molecular formula is C22H22BNO5. The molecule has 0 heterocycles. The Labute approximate surface area is 169 Å². The van der Waals surface area contributed by atoms with Gasteiger partial charge in [0, 0.05) is 5.69 Å². The Morgan fingerprint density at radius 2 is 1.59 bits per heavy atom. The zero-order valence-corrected chi connectivity index (χ0v) is 16.0. The molecule has 0 radical (unpaired) electrons. The zero-order chi connectivity index (χ0) is 20.6. The van der Waals surface area contributed by atoms with E-state index in [0.29, 0.717) is 24.7 Å². The third kappa shape index (κ3) is 5.68. The lowest BCUT2D eigenvalue weighted by molar-refractivity contribution is 0.102. The second-order valence-corrected chi connectivity index (χ2v) is 6.46. The number of carbonyl (C=O) groups is 1. The maximum atomic E-state index is 12.6. The Balaban J connectivity index is 1.60. The van der Waals surface area contributed by atoms with Gasteiger partial charge in [-0.25, -0.2) is 0 Å².